The largest absolute Gasteiger partial charge is 0.462 e. The number of ether oxygens (including phenoxy) is 1. The molecule has 176 valence electrons. The first kappa shape index (κ1) is 22.8. The van der Waals surface area contributed by atoms with Gasteiger partial charge in [-0.15, -0.1) is 0 Å². The number of hydrogen-bond acceptors (Lipinski definition) is 5. The first-order valence-corrected chi connectivity index (χ1v) is 12.3. The van der Waals surface area contributed by atoms with Crippen LogP contribution in [0.5, 0.6) is 5.75 Å². The summed E-state index contributed by atoms with van der Waals surface area (Å²) in [6.07, 6.45) is 7.56. The molecule has 1 aromatic heterocycles. The Balaban J connectivity index is 1.12. The molecule has 0 bridgehead atoms. The van der Waals surface area contributed by atoms with Crippen molar-refractivity contribution in [3.8, 4) is 5.75 Å². The second-order valence-electron chi connectivity index (χ2n) is 9.07. The number of halogens is 1. The number of hydrogen-bond donors (Lipinski definition) is 0. The van der Waals surface area contributed by atoms with Gasteiger partial charge < -0.3 is 14.5 Å². The molecule has 1 saturated heterocycles. The Hall–Kier alpha value is -2.96. The Morgan fingerprint density at radius 3 is 2.71 bits per heavy atom. The predicted molar refractivity (Wildman–Crippen MR) is 134 cm³/mol. The average Bonchev–Trinajstić information content (AvgIpc) is 2.98. The van der Waals surface area contributed by atoms with E-state index in [9.17, 15) is 4.79 Å². The third-order valence-electron chi connectivity index (χ3n) is 6.86. The fourth-order valence-electron chi connectivity index (χ4n) is 4.95. The summed E-state index contributed by atoms with van der Waals surface area (Å²) in [5, 5.41) is 1.74. The molecule has 7 heteroatoms. The van der Waals surface area contributed by atoms with E-state index < -0.39 is 0 Å². The number of carbonyl (C=O) groups is 1. The normalized spacial score (nSPS) is 17.3. The highest BCUT2D eigenvalue weighted by molar-refractivity contribution is 6.30. The van der Waals surface area contributed by atoms with E-state index in [0.29, 0.717) is 28.8 Å². The highest BCUT2D eigenvalue weighted by Crippen LogP contribution is 2.31. The van der Waals surface area contributed by atoms with Gasteiger partial charge in [0.25, 0.3) is 5.91 Å². The Morgan fingerprint density at radius 1 is 1.06 bits per heavy atom. The fraction of sp³-hybridized carbons (Fsp3) is 0.370. The SMILES string of the molecule is CC1=COc2cc(Cl)ccc2C(=O)N1CCCCN1CCC(c2ncnc3ccccc23)CC1. The summed E-state index contributed by atoms with van der Waals surface area (Å²) >= 11 is 6.06. The molecule has 0 radical (unpaired) electrons. The van der Waals surface area contributed by atoms with Crippen molar-refractivity contribution in [2.75, 3.05) is 26.2 Å². The summed E-state index contributed by atoms with van der Waals surface area (Å²) in [4.78, 5) is 26.4. The number of amides is 1. The highest BCUT2D eigenvalue weighted by atomic mass is 35.5. The molecule has 0 aliphatic carbocycles. The number of fused-ring (bicyclic) bond motifs is 2. The molecule has 34 heavy (non-hydrogen) atoms. The van der Waals surface area contributed by atoms with Gasteiger partial charge in [-0.2, -0.15) is 0 Å². The number of unbranched alkanes of at least 4 members (excludes halogenated alkanes) is 1. The van der Waals surface area contributed by atoms with Crippen molar-refractivity contribution in [3.63, 3.8) is 0 Å². The Morgan fingerprint density at radius 2 is 1.85 bits per heavy atom. The van der Waals surface area contributed by atoms with Crippen molar-refractivity contribution in [2.45, 2.75) is 38.5 Å². The van der Waals surface area contributed by atoms with Crippen molar-refractivity contribution in [2.24, 2.45) is 0 Å². The van der Waals surface area contributed by atoms with E-state index >= 15 is 0 Å². The minimum Gasteiger partial charge on any atom is -0.462 e. The topological polar surface area (TPSA) is 58.6 Å². The number of piperidine rings is 1. The van der Waals surface area contributed by atoms with Crippen LogP contribution in [0.4, 0.5) is 0 Å². The van der Waals surface area contributed by atoms with Gasteiger partial charge in [-0.1, -0.05) is 29.8 Å². The van der Waals surface area contributed by atoms with Gasteiger partial charge in [0, 0.05) is 28.9 Å². The van der Waals surface area contributed by atoms with Gasteiger partial charge >= 0.3 is 0 Å². The quantitative estimate of drug-likeness (QED) is 0.431. The minimum absolute atomic E-state index is 0.0317. The number of rotatable bonds is 6. The van der Waals surface area contributed by atoms with Crippen LogP contribution in [0.2, 0.25) is 5.02 Å². The molecule has 0 unspecified atom stereocenters. The fourth-order valence-corrected chi connectivity index (χ4v) is 5.11. The number of para-hydroxylation sites is 1. The summed E-state index contributed by atoms with van der Waals surface area (Å²) in [6, 6.07) is 13.4. The molecular weight excluding hydrogens is 448 g/mol. The number of allylic oxidation sites excluding steroid dienone is 1. The Labute approximate surface area is 205 Å². The summed E-state index contributed by atoms with van der Waals surface area (Å²) in [7, 11) is 0. The molecule has 2 aromatic carbocycles. The molecule has 1 amide bonds. The van der Waals surface area contributed by atoms with Crippen molar-refractivity contribution >= 4 is 28.4 Å². The van der Waals surface area contributed by atoms with Crippen molar-refractivity contribution < 1.29 is 9.53 Å². The number of likely N-dealkylation sites (tertiary alicyclic amines) is 1. The van der Waals surface area contributed by atoms with Crippen LogP contribution in [0.3, 0.4) is 0 Å². The molecule has 0 saturated carbocycles. The van der Waals surface area contributed by atoms with E-state index in [0.717, 1.165) is 56.5 Å². The van der Waals surface area contributed by atoms with E-state index in [1.807, 2.05) is 17.9 Å². The van der Waals surface area contributed by atoms with Crippen LogP contribution >= 0.6 is 11.6 Å². The lowest BCUT2D eigenvalue weighted by Crippen LogP contribution is -2.35. The zero-order valence-corrected chi connectivity index (χ0v) is 20.2. The number of aromatic nitrogens is 2. The van der Waals surface area contributed by atoms with Gasteiger partial charge in [0.05, 0.1) is 22.5 Å². The maximum atomic E-state index is 13.1. The lowest BCUT2D eigenvalue weighted by atomic mass is 9.91. The van der Waals surface area contributed by atoms with Gasteiger partial charge in [0.2, 0.25) is 0 Å². The second kappa shape index (κ2) is 10.1. The first-order chi connectivity index (χ1) is 16.6. The van der Waals surface area contributed by atoms with Crippen molar-refractivity contribution in [1.29, 1.82) is 0 Å². The molecule has 3 aromatic rings. The molecule has 1 fully saturated rings. The van der Waals surface area contributed by atoms with Gasteiger partial charge in [0.15, 0.2) is 0 Å². The highest BCUT2D eigenvalue weighted by Gasteiger charge is 2.25. The number of benzene rings is 2. The molecule has 6 nitrogen and oxygen atoms in total. The van der Waals surface area contributed by atoms with Crippen LogP contribution in [0, 0.1) is 0 Å². The van der Waals surface area contributed by atoms with Crippen LogP contribution in [0.1, 0.15) is 54.6 Å². The smallest absolute Gasteiger partial charge is 0.261 e. The van der Waals surface area contributed by atoms with Crippen LogP contribution in [0.15, 0.2) is 60.8 Å². The molecule has 0 spiro atoms. The second-order valence-corrected chi connectivity index (χ2v) is 9.51. The van der Waals surface area contributed by atoms with Gasteiger partial charge in [-0.25, -0.2) is 9.97 Å². The van der Waals surface area contributed by atoms with E-state index in [2.05, 4.69) is 33.1 Å². The molecule has 2 aliphatic heterocycles. The molecule has 0 N–H and O–H groups in total. The third kappa shape index (κ3) is 4.79. The molecular formula is C27H29ClN4O2. The van der Waals surface area contributed by atoms with Gasteiger partial charge in [-0.05, 0) is 70.4 Å². The van der Waals surface area contributed by atoms with Crippen LogP contribution in [-0.4, -0.2) is 51.9 Å². The van der Waals surface area contributed by atoms with Gasteiger partial charge in [-0.3, -0.25) is 4.79 Å². The summed E-state index contributed by atoms with van der Waals surface area (Å²) in [5.74, 6) is 0.967. The van der Waals surface area contributed by atoms with E-state index in [1.54, 1.807) is 30.8 Å². The maximum absolute atomic E-state index is 13.1. The first-order valence-electron chi connectivity index (χ1n) is 12.0. The molecule has 5 rings (SSSR count). The third-order valence-corrected chi connectivity index (χ3v) is 7.09. The Kier molecular flexibility index (Phi) is 6.79. The summed E-state index contributed by atoms with van der Waals surface area (Å²) in [6.45, 7) is 5.78. The summed E-state index contributed by atoms with van der Waals surface area (Å²) in [5.41, 5.74) is 3.58. The number of nitrogens with zero attached hydrogens (tertiary/aromatic N) is 4. The molecule has 0 atom stereocenters. The number of carbonyl (C=O) groups excluding carboxylic acids is 1. The Bertz CT molecular complexity index is 1210. The summed E-state index contributed by atoms with van der Waals surface area (Å²) < 4.78 is 5.69. The monoisotopic (exact) mass is 476 g/mol. The van der Waals surface area contributed by atoms with Crippen molar-refractivity contribution in [1.82, 2.24) is 19.8 Å². The van der Waals surface area contributed by atoms with Gasteiger partial charge in [0.1, 0.15) is 18.3 Å². The van der Waals surface area contributed by atoms with E-state index in [-0.39, 0.29) is 5.91 Å². The van der Waals surface area contributed by atoms with Crippen LogP contribution in [-0.2, 0) is 0 Å². The van der Waals surface area contributed by atoms with Crippen LogP contribution in [0.25, 0.3) is 10.9 Å². The zero-order chi connectivity index (χ0) is 23.5. The lowest BCUT2D eigenvalue weighted by molar-refractivity contribution is 0.0804. The minimum atomic E-state index is -0.0317. The maximum Gasteiger partial charge on any atom is 0.261 e. The van der Waals surface area contributed by atoms with Crippen LogP contribution < -0.4 is 4.74 Å². The van der Waals surface area contributed by atoms with Crippen molar-refractivity contribution in [3.05, 3.63) is 77.0 Å². The molecule has 2 aliphatic rings. The molecule has 3 heterocycles. The lowest BCUT2D eigenvalue weighted by Gasteiger charge is -2.32. The zero-order valence-electron chi connectivity index (χ0n) is 19.4. The standard InChI is InChI=1S/C27H29ClN4O2/c1-19-17-34-25-16-21(28)8-9-23(25)27(33)32(19)13-5-4-12-31-14-10-20(11-15-31)26-22-6-2-3-7-24(22)29-18-30-26/h2-3,6-9,16-18,20H,4-5,10-15H2,1H3. The predicted octanol–water partition coefficient (Wildman–Crippen LogP) is 5.64. The van der Waals surface area contributed by atoms with E-state index in [1.165, 1.54) is 11.1 Å². The van der Waals surface area contributed by atoms with E-state index in [4.69, 9.17) is 16.3 Å². The average molecular weight is 477 g/mol.